The summed E-state index contributed by atoms with van der Waals surface area (Å²) in [5.74, 6) is -0.511. The third-order valence-corrected chi connectivity index (χ3v) is 6.58. The van der Waals surface area contributed by atoms with Gasteiger partial charge in [0.05, 0.1) is 18.5 Å². The molecule has 2 N–H and O–H groups in total. The number of rotatable bonds is 10. The summed E-state index contributed by atoms with van der Waals surface area (Å²) in [4.78, 5) is 41.8. The van der Waals surface area contributed by atoms with E-state index >= 15 is 0 Å². The minimum Gasteiger partial charge on any atom is -0.497 e. The van der Waals surface area contributed by atoms with E-state index in [1.165, 1.54) is 16.2 Å². The standard InChI is InChI=1S/C27H31N3O4S/c1-5-27(2,3)29-26(33)24(19-11-9-14-21(17-19)34-4)30(20-12-7-6-8-13-20)23(31)18-28-25(32)22-15-10-16-35-22/h6-17,24H,5,18H2,1-4H3,(H,28,32)(H,29,33). The topological polar surface area (TPSA) is 87.7 Å². The predicted molar refractivity (Wildman–Crippen MR) is 139 cm³/mol. The van der Waals surface area contributed by atoms with Gasteiger partial charge in [-0.15, -0.1) is 11.3 Å². The molecule has 0 fully saturated rings. The average Bonchev–Trinajstić information content (AvgIpc) is 3.41. The minimum atomic E-state index is -0.982. The quantitative estimate of drug-likeness (QED) is 0.433. The fraction of sp³-hybridized carbons (Fsp3) is 0.296. The van der Waals surface area contributed by atoms with E-state index in [0.717, 1.165) is 0 Å². The number of hydrogen-bond donors (Lipinski definition) is 2. The van der Waals surface area contributed by atoms with Crippen molar-refractivity contribution in [3.8, 4) is 5.75 Å². The summed E-state index contributed by atoms with van der Waals surface area (Å²) < 4.78 is 5.38. The molecule has 8 heteroatoms. The lowest BCUT2D eigenvalue weighted by Crippen LogP contribution is -2.52. The Bertz CT molecular complexity index is 1150. The third-order valence-electron chi connectivity index (χ3n) is 5.71. The van der Waals surface area contributed by atoms with Crippen molar-refractivity contribution >= 4 is 34.7 Å². The Labute approximate surface area is 210 Å². The zero-order valence-electron chi connectivity index (χ0n) is 20.4. The van der Waals surface area contributed by atoms with Crippen molar-refractivity contribution in [3.63, 3.8) is 0 Å². The number of ether oxygens (including phenoxy) is 1. The molecule has 1 heterocycles. The van der Waals surface area contributed by atoms with Gasteiger partial charge in [0.2, 0.25) is 11.8 Å². The first-order chi connectivity index (χ1) is 16.8. The van der Waals surface area contributed by atoms with Crippen molar-refractivity contribution in [2.75, 3.05) is 18.6 Å². The minimum absolute atomic E-state index is 0.267. The second-order valence-corrected chi connectivity index (χ2v) is 9.61. The van der Waals surface area contributed by atoms with Crippen LogP contribution in [0, 0.1) is 0 Å². The Morgan fingerprint density at radius 3 is 2.40 bits per heavy atom. The van der Waals surface area contributed by atoms with Crippen LogP contribution in [0.25, 0.3) is 0 Å². The van der Waals surface area contributed by atoms with E-state index in [1.807, 2.05) is 26.8 Å². The lowest BCUT2D eigenvalue weighted by atomic mass is 9.98. The van der Waals surface area contributed by atoms with Gasteiger partial charge in [0.15, 0.2) is 0 Å². The fourth-order valence-electron chi connectivity index (χ4n) is 3.48. The molecule has 1 atom stereocenters. The zero-order chi connectivity index (χ0) is 25.4. The molecule has 35 heavy (non-hydrogen) atoms. The number of carbonyl (C=O) groups excluding carboxylic acids is 3. The van der Waals surface area contributed by atoms with Crippen LogP contribution in [0.4, 0.5) is 5.69 Å². The van der Waals surface area contributed by atoms with Crippen LogP contribution in [0.3, 0.4) is 0 Å². The molecule has 0 aliphatic heterocycles. The molecule has 3 aromatic rings. The summed E-state index contributed by atoms with van der Waals surface area (Å²) in [6.07, 6.45) is 0.708. The molecule has 2 aromatic carbocycles. The van der Waals surface area contributed by atoms with Gasteiger partial charge in [-0.1, -0.05) is 43.3 Å². The molecule has 184 valence electrons. The predicted octanol–water partition coefficient (Wildman–Crippen LogP) is 4.57. The number of benzene rings is 2. The lowest BCUT2D eigenvalue weighted by Gasteiger charge is -2.34. The Morgan fingerprint density at radius 1 is 1.03 bits per heavy atom. The molecule has 3 rings (SSSR count). The Balaban J connectivity index is 2.02. The largest absolute Gasteiger partial charge is 0.497 e. The maximum atomic E-state index is 13.7. The number of amides is 3. The van der Waals surface area contributed by atoms with E-state index in [4.69, 9.17) is 4.74 Å². The summed E-state index contributed by atoms with van der Waals surface area (Å²) in [7, 11) is 1.55. The average molecular weight is 494 g/mol. The van der Waals surface area contributed by atoms with Gasteiger partial charge >= 0.3 is 0 Å². The molecule has 7 nitrogen and oxygen atoms in total. The number of carbonyl (C=O) groups is 3. The third kappa shape index (κ3) is 6.70. The molecule has 0 spiro atoms. The van der Waals surface area contributed by atoms with Crippen molar-refractivity contribution in [1.29, 1.82) is 0 Å². The van der Waals surface area contributed by atoms with Gasteiger partial charge in [-0.05, 0) is 61.5 Å². The molecule has 1 aromatic heterocycles. The molecule has 0 aliphatic carbocycles. The number of para-hydroxylation sites is 1. The van der Waals surface area contributed by atoms with Crippen molar-refractivity contribution < 1.29 is 19.1 Å². The summed E-state index contributed by atoms with van der Waals surface area (Å²) in [6.45, 7) is 5.59. The number of nitrogens with zero attached hydrogens (tertiary/aromatic N) is 1. The molecule has 0 radical (unpaired) electrons. The number of methoxy groups -OCH3 is 1. The summed E-state index contributed by atoms with van der Waals surface area (Å²) in [5, 5.41) is 7.56. The maximum absolute atomic E-state index is 13.7. The monoisotopic (exact) mass is 493 g/mol. The first kappa shape index (κ1) is 26.0. The van der Waals surface area contributed by atoms with E-state index in [9.17, 15) is 14.4 Å². The number of nitrogens with one attached hydrogen (secondary N) is 2. The normalized spacial score (nSPS) is 11.9. The van der Waals surface area contributed by atoms with Gasteiger partial charge in [0, 0.05) is 11.2 Å². The molecular formula is C27H31N3O4S. The maximum Gasteiger partial charge on any atom is 0.261 e. The molecular weight excluding hydrogens is 462 g/mol. The Hall–Kier alpha value is -3.65. The molecule has 1 unspecified atom stereocenters. The van der Waals surface area contributed by atoms with Crippen LogP contribution >= 0.6 is 11.3 Å². The van der Waals surface area contributed by atoms with Crippen LogP contribution in [0.1, 0.15) is 48.5 Å². The summed E-state index contributed by atoms with van der Waals surface area (Å²) in [6, 6.07) is 18.6. The van der Waals surface area contributed by atoms with E-state index in [2.05, 4.69) is 10.6 Å². The van der Waals surface area contributed by atoms with E-state index in [1.54, 1.807) is 73.2 Å². The number of hydrogen-bond acceptors (Lipinski definition) is 5. The Morgan fingerprint density at radius 2 is 1.77 bits per heavy atom. The fourth-order valence-corrected chi connectivity index (χ4v) is 4.12. The van der Waals surface area contributed by atoms with Crippen molar-refractivity contribution in [2.45, 2.75) is 38.8 Å². The van der Waals surface area contributed by atoms with Crippen LogP contribution in [-0.2, 0) is 9.59 Å². The second-order valence-electron chi connectivity index (χ2n) is 8.67. The molecule has 0 aliphatic rings. The van der Waals surface area contributed by atoms with Gasteiger partial charge in [-0.2, -0.15) is 0 Å². The smallest absolute Gasteiger partial charge is 0.261 e. The lowest BCUT2D eigenvalue weighted by molar-refractivity contribution is -0.127. The highest BCUT2D eigenvalue weighted by atomic mass is 32.1. The van der Waals surface area contributed by atoms with Crippen LogP contribution in [0.15, 0.2) is 72.1 Å². The summed E-state index contributed by atoms with van der Waals surface area (Å²) in [5.41, 5.74) is 0.656. The van der Waals surface area contributed by atoms with Gasteiger partial charge < -0.3 is 15.4 Å². The van der Waals surface area contributed by atoms with E-state index in [0.29, 0.717) is 28.3 Å². The summed E-state index contributed by atoms with van der Waals surface area (Å²) >= 11 is 1.29. The van der Waals surface area contributed by atoms with Gasteiger partial charge in [0.1, 0.15) is 11.8 Å². The Kier molecular flexibility index (Phi) is 8.65. The second kappa shape index (κ2) is 11.7. The van der Waals surface area contributed by atoms with Gasteiger partial charge in [-0.25, -0.2) is 0 Å². The highest BCUT2D eigenvalue weighted by Gasteiger charge is 2.35. The SMILES string of the molecule is CCC(C)(C)NC(=O)C(c1cccc(OC)c1)N(C(=O)CNC(=O)c1cccs1)c1ccccc1. The van der Waals surface area contributed by atoms with Gasteiger partial charge in [-0.3, -0.25) is 19.3 Å². The highest BCUT2D eigenvalue weighted by molar-refractivity contribution is 7.12. The van der Waals surface area contributed by atoms with Crippen LogP contribution < -0.4 is 20.3 Å². The number of thiophene rings is 1. The molecule has 0 saturated carbocycles. The van der Waals surface area contributed by atoms with Crippen molar-refractivity contribution in [1.82, 2.24) is 10.6 Å². The first-order valence-electron chi connectivity index (χ1n) is 11.4. The number of anilines is 1. The molecule has 3 amide bonds. The first-order valence-corrected chi connectivity index (χ1v) is 12.3. The van der Waals surface area contributed by atoms with Gasteiger partial charge in [0.25, 0.3) is 5.91 Å². The molecule has 0 bridgehead atoms. The van der Waals surface area contributed by atoms with Crippen molar-refractivity contribution in [3.05, 3.63) is 82.6 Å². The molecule has 0 saturated heterocycles. The van der Waals surface area contributed by atoms with Crippen LogP contribution in [-0.4, -0.2) is 36.9 Å². The van der Waals surface area contributed by atoms with Crippen LogP contribution in [0.5, 0.6) is 5.75 Å². The van der Waals surface area contributed by atoms with Crippen LogP contribution in [0.2, 0.25) is 0 Å². The van der Waals surface area contributed by atoms with E-state index < -0.39 is 17.5 Å². The highest BCUT2D eigenvalue weighted by Crippen LogP contribution is 2.30. The zero-order valence-corrected chi connectivity index (χ0v) is 21.2. The van der Waals surface area contributed by atoms with Crippen molar-refractivity contribution in [2.24, 2.45) is 0 Å². The van der Waals surface area contributed by atoms with E-state index in [-0.39, 0.29) is 18.4 Å².